The molecule has 3 heterocycles. The normalized spacial score (nSPS) is 31.2. The SMILES string of the molecule is CCn1c2ccccc2c2cc([C@H]3N[C@@](C)(CO)[C@H]4CN(C)C[C@@H]34)ccc21. The van der Waals surface area contributed by atoms with Crippen molar-refractivity contribution in [2.24, 2.45) is 11.8 Å². The van der Waals surface area contributed by atoms with E-state index in [1.807, 2.05) is 0 Å². The van der Waals surface area contributed by atoms with Gasteiger partial charge in [0.15, 0.2) is 0 Å². The van der Waals surface area contributed by atoms with Crippen LogP contribution in [0.5, 0.6) is 0 Å². The molecule has 1 aromatic heterocycles. The van der Waals surface area contributed by atoms with Gasteiger partial charge in [-0.3, -0.25) is 0 Å². The zero-order valence-corrected chi connectivity index (χ0v) is 16.4. The molecular weight excluding hydrogens is 334 g/mol. The summed E-state index contributed by atoms with van der Waals surface area (Å²) in [6, 6.07) is 16.0. The van der Waals surface area contributed by atoms with Gasteiger partial charge in [-0.2, -0.15) is 0 Å². The van der Waals surface area contributed by atoms with Crippen LogP contribution in [0.15, 0.2) is 42.5 Å². The minimum absolute atomic E-state index is 0.190. The average Bonchev–Trinajstić information content (AvgIpc) is 3.31. The maximum absolute atomic E-state index is 10.1. The van der Waals surface area contributed by atoms with E-state index in [4.69, 9.17) is 0 Å². The van der Waals surface area contributed by atoms with E-state index in [0.717, 1.165) is 19.6 Å². The number of nitrogens with one attached hydrogen (secondary N) is 1. The van der Waals surface area contributed by atoms with Gasteiger partial charge >= 0.3 is 0 Å². The van der Waals surface area contributed by atoms with Crippen LogP contribution in [0.2, 0.25) is 0 Å². The van der Waals surface area contributed by atoms with Crippen molar-refractivity contribution in [3.63, 3.8) is 0 Å². The van der Waals surface area contributed by atoms with Crippen molar-refractivity contribution in [3.05, 3.63) is 48.0 Å². The summed E-state index contributed by atoms with van der Waals surface area (Å²) in [5, 5.41) is 16.6. The Bertz CT molecular complexity index is 1010. The van der Waals surface area contributed by atoms with E-state index in [1.165, 1.54) is 27.4 Å². The van der Waals surface area contributed by atoms with E-state index in [0.29, 0.717) is 17.9 Å². The molecule has 0 bridgehead atoms. The summed E-state index contributed by atoms with van der Waals surface area (Å²) in [7, 11) is 2.20. The molecule has 4 nitrogen and oxygen atoms in total. The fourth-order valence-electron chi connectivity index (χ4n) is 5.71. The predicted molar refractivity (Wildman–Crippen MR) is 111 cm³/mol. The van der Waals surface area contributed by atoms with Gasteiger partial charge in [0, 0.05) is 53.0 Å². The van der Waals surface area contributed by atoms with Gasteiger partial charge in [0.1, 0.15) is 0 Å². The number of hydrogen-bond acceptors (Lipinski definition) is 3. The molecule has 0 radical (unpaired) electrons. The van der Waals surface area contributed by atoms with E-state index < -0.39 is 0 Å². The van der Waals surface area contributed by atoms with Crippen molar-refractivity contribution in [2.45, 2.75) is 32.0 Å². The van der Waals surface area contributed by atoms with Crippen molar-refractivity contribution in [2.75, 3.05) is 26.7 Å². The van der Waals surface area contributed by atoms with Gasteiger partial charge in [-0.15, -0.1) is 0 Å². The van der Waals surface area contributed by atoms with Gasteiger partial charge in [-0.25, -0.2) is 0 Å². The van der Waals surface area contributed by atoms with E-state index in [-0.39, 0.29) is 12.1 Å². The molecule has 5 rings (SSSR count). The topological polar surface area (TPSA) is 40.4 Å². The van der Waals surface area contributed by atoms with Gasteiger partial charge in [0.25, 0.3) is 0 Å². The fourth-order valence-corrected chi connectivity index (χ4v) is 5.71. The van der Waals surface area contributed by atoms with Crippen LogP contribution in [0.4, 0.5) is 0 Å². The second-order valence-electron chi connectivity index (χ2n) is 8.73. The molecule has 4 heteroatoms. The monoisotopic (exact) mass is 363 g/mol. The number of benzene rings is 2. The molecule has 4 atom stereocenters. The first kappa shape index (κ1) is 17.2. The number of para-hydroxylation sites is 1. The van der Waals surface area contributed by atoms with Crippen LogP contribution in [0.25, 0.3) is 21.8 Å². The Morgan fingerprint density at radius 3 is 2.67 bits per heavy atom. The number of aromatic nitrogens is 1. The number of rotatable bonds is 3. The fraction of sp³-hybridized carbons (Fsp3) is 0.478. The summed E-state index contributed by atoms with van der Waals surface area (Å²) >= 11 is 0. The number of nitrogens with zero attached hydrogens (tertiary/aromatic N) is 2. The number of aliphatic hydroxyl groups is 1. The van der Waals surface area contributed by atoms with Crippen LogP contribution < -0.4 is 5.32 Å². The molecule has 2 saturated heterocycles. The lowest BCUT2D eigenvalue weighted by Gasteiger charge is -2.30. The van der Waals surface area contributed by atoms with Crippen LogP contribution in [0, 0.1) is 11.8 Å². The number of hydrogen-bond donors (Lipinski definition) is 2. The molecule has 2 N–H and O–H groups in total. The number of likely N-dealkylation sites (tertiary alicyclic amines) is 1. The third kappa shape index (κ3) is 2.40. The predicted octanol–water partition coefficient (Wildman–Crippen LogP) is 3.39. The molecule has 0 spiro atoms. The molecule has 2 aliphatic rings. The highest BCUT2D eigenvalue weighted by Gasteiger charge is 2.53. The second kappa shape index (κ2) is 6.06. The Morgan fingerprint density at radius 1 is 1.11 bits per heavy atom. The highest BCUT2D eigenvalue weighted by atomic mass is 16.3. The van der Waals surface area contributed by atoms with Crippen LogP contribution >= 0.6 is 0 Å². The third-order valence-corrected chi connectivity index (χ3v) is 7.08. The first-order valence-electron chi connectivity index (χ1n) is 10.1. The Labute approximate surface area is 160 Å². The average molecular weight is 364 g/mol. The van der Waals surface area contributed by atoms with E-state index >= 15 is 0 Å². The molecule has 2 aliphatic heterocycles. The maximum atomic E-state index is 10.1. The maximum Gasteiger partial charge on any atom is 0.0614 e. The van der Waals surface area contributed by atoms with Gasteiger partial charge in [0.2, 0.25) is 0 Å². The molecule has 0 unspecified atom stereocenters. The lowest BCUT2D eigenvalue weighted by atomic mass is 9.81. The Balaban J connectivity index is 1.65. The number of fused-ring (bicyclic) bond motifs is 4. The zero-order valence-electron chi connectivity index (χ0n) is 16.4. The van der Waals surface area contributed by atoms with Crippen LogP contribution in [0.3, 0.4) is 0 Å². The molecule has 0 aliphatic carbocycles. The number of aryl methyl sites for hydroxylation is 1. The van der Waals surface area contributed by atoms with E-state index in [9.17, 15) is 5.11 Å². The summed E-state index contributed by atoms with van der Waals surface area (Å²) in [5.74, 6) is 1.04. The summed E-state index contributed by atoms with van der Waals surface area (Å²) in [5.41, 5.74) is 3.77. The number of aliphatic hydroxyl groups excluding tert-OH is 1. The summed E-state index contributed by atoms with van der Waals surface area (Å²) in [4.78, 5) is 2.42. The minimum Gasteiger partial charge on any atom is -0.394 e. The van der Waals surface area contributed by atoms with Crippen molar-refractivity contribution >= 4 is 21.8 Å². The first-order chi connectivity index (χ1) is 13.1. The molecule has 142 valence electrons. The first-order valence-corrected chi connectivity index (χ1v) is 10.1. The van der Waals surface area contributed by atoms with Crippen molar-refractivity contribution in [1.29, 1.82) is 0 Å². The standard InChI is InChI=1S/C23H29N3O/c1-4-26-20-8-6-5-7-16(20)17-11-15(9-10-21(17)26)22-18-12-25(3)13-19(18)23(2,14-27)24-22/h5-11,18-19,22,24,27H,4,12-14H2,1-3H3/t18-,19+,22-,23+/m1/s1. The lowest BCUT2D eigenvalue weighted by molar-refractivity contribution is 0.145. The largest absolute Gasteiger partial charge is 0.394 e. The van der Waals surface area contributed by atoms with Gasteiger partial charge in [0.05, 0.1) is 6.61 Å². The molecule has 27 heavy (non-hydrogen) atoms. The van der Waals surface area contributed by atoms with Crippen molar-refractivity contribution < 1.29 is 5.11 Å². The van der Waals surface area contributed by atoms with E-state index in [2.05, 4.69) is 78.1 Å². The van der Waals surface area contributed by atoms with Crippen LogP contribution in [0.1, 0.15) is 25.5 Å². The highest BCUT2D eigenvalue weighted by Crippen LogP contribution is 2.47. The Kier molecular flexibility index (Phi) is 3.87. The van der Waals surface area contributed by atoms with Crippen molar-refractivity contribution in [1.82, 2.24) is 14.8 Å². The van der Waals surface area contributed by atoms with Gasteiger partial charge < -0.3 is 19.9 Å². The molecule has 0 amide bonds. The van der Waals surface area contributed by atoms with Crippen molar-refractivity contribution in [3.8, 4) is 0 Å². The Hall–Kier alpha value is -1.88. The lowest BCUT2D eigenvalue weighted by Crippen LogP contribution is -2.47. The molecule has 2 aromatic carbocycles. The van der Waals surface area contributed by atoms with Gasteiger partial charge in [-0.1, -0.05) is 24.3 Å². The summed E-state index contributed by atoms with van der Waals surface area (Å²) < 4.78 is 2.40. The van der Waals surface area contributed by atoms with Gasteiger partial charge in [-0.05, 0) is 56.5 Å². The van der Waals surface area contributed by atoms with E-state index in [1.54, 1.807) is 0 Å². The van der Waals surface area contributed by atoms with Crippen LogP contribution in [-0.2, 0) is 6.54 Å². The molecule has 0 saturated carbocycles. The summed E-state index contributed by atoms with van der Waals surface area (Å²) in [6.07, 6.45) is 0. The zero-order chi connectivity index (χ0) is 18.8. The Morgan fingerprint density at radius 2 is 1.89 bits per heavy atom. The minimum atomic E-state index is -0.202. The quantitative estimate of drug-likeness (QED) is 0.749. The second-order valence-corrected chi connectivity index (χ2v) is 8.73. The third-order valence-electron chi connectivity index (χ3n) is 7.08. The summed E-state index contributed by atoms with van der Waals surface area (Å²) in [6.45, 7) is 7.71. The smallest absolute Gasteiger partial charge is 0.0614 e. The molecule has 3 aromatic rings. The molecule has 2 fully saturated rings. The van der Waals surface area contributed by atoms with Crippen LogP contribution in [-0.4, -0.2) is 46.9 Å². The highest BCUT2D eigenvalue weighted by molar-refractivity contribution is 6.08. The molecular formula is C23H29N3O.